The summed E-state index contributed by atoms with van der Waals surface area (Å²) in [6, 6.07) is 3.08. The molecule has 2 rings (SSSR count). The maximum absolute atomic E-state index is 11.1. The molecule has 2 heterocycles. The van der Waals surface area contributed by atoms with E-state index >= 15 is 0 Å². The van der Waals surface area contributed by atoms with Gasteiger partial charge in [0.2, 0.25) is 0 Å². The number of hydrogen-bond donors (Lipinski definition) is 3. The first-order valence-electron chi connectivity index (χ1n) is 6.23. The zero-order chi connectivity index (χ0) is 14.5. The Morgan fingerprint density at radius 2 is 2.30 bits per heavy atom. The second kappa shape index (κ2) is 6.33. The van der Waals surface area contributed by atoms with Crippen molar-refractivity contribution in [3.63, 3.8) is 0 Å². The van der Waals surface area contributed by atoms with E-state index in [1.165, 1.54) is 6.07 Å². The van der Waals surface area contributed by atoms with Crippen molar-refractivity contribution >= 4 is 23.1 Å². The molecule has 6 nitrogen and oxygen atoms in total. The fraction of sp³-hybridized carbons (Fsp3) is 0.308. The molecular weight excluding hydrogens is 278 g/mol. The zero-order valence-electron chi connectivity index (χ0n) is 11.0. The van der Waals surface area contributed by atoms with Gasteiger partial charge in [-0.2, -0.15) is 0 Å². The van der Waals surface area contributed by atoms with Crippen molar-refractivity contribution in [2.45, 2.75) is 26.3 Å². The lowest BCUT2D eigenvalue weighted by atomic mass is 10.1. The highest BCUT2D eigenvalue weighted by Gasteiger charge is 2.08. The van der Waals surface area contributed by atoms with Gasteiger partial charge in [-0.3, -0.25) is 4.79 Å². The minimum Gasteiger partial charge on any atom is -0.478 e. The summed E-state index contributed by atoms with van der Waals surface area (Å²) in [6.07, 6.45) is 1.62. The molecule has 106 valence electrons. The number of aromatic carboxylic acids is 1. The van der Waals surface area contributed by atoms with Crippen LogP contribution in [0, 0.1) is 0 Å². The third-order valence-electron chi connectivity index (χ3n) is 2.66. The van der Waals surface area contributed by atoms with Crippen molar-refractivity contribution in [1.29, 1.82) is 0 Å². The number of rotatable bonds is 6. The standard InChI is InChI=1S/C13H15N3O3S/c1-2-3-9-4-8(12(17)18)5-11(15-9)14-6-10-7-20-13(19)16-10/h4-5,7H,2-3,6H2,1H3,(H,14,15)(H,16,19)(H,17,18). The highest BCUT2D eigenvalue weighted by molar-refractivity contribution is 7.07. The zero-order valence-corrected chi connectivity index (χ0v) is 11.8. The van der Waals surface area contributed by atoms with Crippen molar-refractivity contribution in [2.24, 2.45) is 0 Å². The molecule has 0 aromatic carbocycles. The summed E-state index contributed by atoms with van der Waals surface area (Å²) in [7, 11) is 0. The summed E-state index contributed by atoms with van der Waals surface area (Å²) in [6.45, 7) is 2.42. The van der Waals surface area contributed by atoms with Crippen LogP contribution in [-0.2, 0) is 13.0 Å². The Kier molecular flexibility index (Phi) is 4.52. The van der Waals surface area contributed by atoms with Crippen LogP contribution in [0.3, 0.4) is 0 Å². The van der Waals surface area contributed by atoms with E-state index < -0.39 is 5.97 Å². The molecule has 0 aliphatic rings. The minimum atomic E-state index is -0.975. The van der Waals surface area contributed by atoms with Crippen molar-refractivity contribution in [3.05, 3.63) is 44.1 Å². The Balaban J connectivity index is 2.17. The van der Waals surface area contributed by atoms with Gasteiger partial charge in [-0.05, 0) is 18.6 Å². The van der Waals surface area contributed by atoms with Crippen LogP contribution < -0.4 is 10.2 Å². The molecule has 0 saturated heterocycles. The highest BCUT2D eigenvalue weighted by Crippen LogP contribution is 2.13. The van der Waals surface area contributed by atoms with E-state index in [0.717, 1.165) is 35.6 Å². The van der Waals surface area contributed by atoms with Crippen LogP contribution in [0.4, 0.5) is 5.82 Å². The monoisotopic (exact) mass is 293 g/mol. The Hall–Kier alpha value is -2.15. The quantitative estimate of drug-likeness (QED) is 0.758. The second-order valence-electron chi connectivity index (χ2n) is 4.31. The second-order valence-corrected chi connectivity index (χ2v) is 5.16. The lowest BCUT2D eigenvalue weighted by Gasteiger charge is -2.08. The number of thiazole rings is 1. The number of aromatic nitrogens is 2. The van der Waals surface area contributed by atoms with E-state index in [0.29, 0.717) is 12.4 Å². The van der Waals surface area contributed by atoms with Gasteiger partial charge in [0.25, 0.3) is 0 Å². The summed E-state index contributed by atoms with van der Waals surface area (Å²) >= 11 is 1.09. The summed E-state index contributed by atoms with van der Waals surface area (Å²) in [5, 5.41) is 13.8. The average Bonchev–Trinajstić information content (AvgIpc) is 2.82. The highest BCUT2D eigenvalue weighted by atomic mass is 32.1. The first-order chi connectivity index (χ1) is 9.58. The molecule has 0 fully saturated rings. The predicted molar refractivity (Wildman–Crippen MR) is 77.5 cm³/mol. The van der Waals surface area contributed by atoms with Gasteiger partial charge < -0.3 is 15.4 Å². The van der Waals surface area contributed by atoms with Gasteiger partial charge in [-0.1, -0.05) is 24.7 Å². The maximum atomic E-state index is 11.1. The molecule has 7 heteroatoms. The Bertz CT molecular complexity index is 663. The summed E-state index contributed by atoms with van der Waals surface area (Å²) in [4.78, 5) is 29.0. The van der Waals surface area contributed by atoms with Crippen LogP contribution >= 0.6 is 11.3 Å². The van der Waals surface area contributed by atoms with E-state index in [2.05, 4.69) is 15.3 Å². The van der Waals surface area contributed by atoms with Gasteiger partial charge >= 0.3 is 10.8 Å². The van der Waals surface area contributed by atoms with Crippen LogP contribution in [0.1, 0.15) is 35.1 Å². The Labute approximate surface area is 119 Å². The fourth-order valence-corrected chi connectivity index (χ4v) is 2.35. The largest absolute Gasteiger partial charge is 0.478 e. The molecule has 2 aromatic rings. The average molecular weight is 293 g/mol. The summed E-state index contributed by atoms with van der Waals surface area (Å²) in [5.74, 6) is -0.475. The number of anilines is 1. The molecule has 2 aromatic heterocycles. The van der Waals surface area contributed by atoms with E-state index in [4.69, 9.17) is 5.11 Å². The Morgan fingerprint density at radius 3 is 2.90 bits per heavy atom. The van der Waals surface area contributed by atoms with E-state index in [1.54, 1.807) is 11.4 Å². The molecule has 0 aliphatic heterocycles. The molecule has 0 spiro atoms. The molecule has 0 amide bonds. The van der Waals surface area contributed by atoms with Gasteiger partial charge in [0.05, 0.1) is 12.1 Å². The smallest absolute Gasteiger partial charge is 0.335 e. The van der Waals surface area contributed by atoms with E-state index in [-0.39, 0.29) is 10.4 Å². The van der Waals surface area contributed by atoms with Gasteiger partial charge in [-0.15, -0.1) is 0 Å². The first kappa shape index (κ1) is 14.3. The van der Waals surface area contributed by atoms with Crippen LogP contribution in [-0.4, -0.2) is 21.0 Å². The van der Waals surface area contributed by atoms with E-state index in [1.807, 2.05) is 6.92 Å². The van der Waals surface area contributed by atoms with E-state index in [9.17, 15) is 9.59 Å². The van der Waals surface area contributed by atoms with Crippen molar-refractivity contribution in [1.82, 2.24) is 9.97 Å². The number of carboxylic acids is 1. The summed E-state index contributed by atoms with van der Waals surface area (Å²) < 4.78 is 0. The molecule has 20 heavy (non-hydrogen) atoms. The molecular formula is C13H15N3O3S. The third-order valence-corrected chi connectivity index (χ3v) is 3.38. The third kappa shape index (κ3) is 3.67. The van der Waals surface area contributed by atoms with Crippen molar-refractivity contribution < 1.29 is 9.90 Å². The lowest BCUT2D eigenvalue weighted by Crippen LogP contribution is -2.07. The van der Waals surface area contributed by atoms with Crippen LogP contribution in [0.2, 0.25) is 0 Å². The number of carboxylic acid groups (broad SMARTS) is 1. The molecule has 0 radical (unpaired) electrons. The number of carbonyl (C=O) groups is 1. The minimum absolute atomic E-state index is 0.110. The number of nitrogens with one attached hydrogen (secondary N) is 2. The maximum Gasteiger partial charge on any atom is 0.335 e. The molecule has 3 N–H and O–H groups in total. The van der Waals surface area contributed by atoms with Gasteiger partial charge in [-0.25, -0.2) is 9.78 Å². The van der Waals surface area contributed by atoms with Gasteiger partial charge in [0, 0.05) is 16.8 Å². The van der Waals surface area contributed by atoms with Crippen molar-refractivity contribution in [3.8, 4) is 0 Å². The lowest BCUT2D eigenvalue weighted by molar-refractivity contribution is 0.0696. The normalized spacial score (nSPS) is 10.4. The molecule has 0 unspecified atom stereocenters. The number of aromatic amines is 1. The predicted octanol–water partition coefficient (Wildman–Crippen LogP) is 2.09. The van der Waals surface area contributed by atoms with Crippen molar-refractivity contribution in [2.75, 3.05) is 5.32 Å². The number of nitrogens with zero attached hydrogens (tertiary/aromatic N) is 1. The fourth-order valence-electron chi connectivity index (χ4n) is 1.77. The Morgan fingerprint density at radius 1 is 1.50 bits per heavy atom. The molecule has 0 atom stereocenters. The number of pyridine rings is 1. The topological polar surface area (TPSA) is 95.1 Å². The number of H-pyrrole nitrogens is 1. The first-order valence-corrected chi connectivity index (χ1v) is 7.11. The van der Waals surface area contributed by atoms with Gasteiger partial charge in [0.1, 0.15) is 5.82 Å². The summed E-state index contributed by atoms with van der Waals surface area (Å²) in [5.41, 5.74) is 1.71. The van der Waals surface area contributed by atoms with Crippen LogP contribution in [0.15, 0.2) is 22.3 Å². The molecule has 0 aliphatic carbocycles. The SMILES string of the molecule is CCCc1cc(C(=O)O)cc(NCc2csc(=O)[nH]2)n1. The number of hydrogen-bond acceptors (Lipinski definition) is 5. The molecule has 0 bridgehead atoms. The van der Waals surface area contributed by atoms with Crippen LogP contribution in [0.25, 0.3) is 0 Å². The number of aryl methyl sites for hydroxylation is 1. The van der Waals surface area contributed by atoms with Gasteiger partial charge in [0.15, 0.2) is 0 Å². The molecule has 0 saturated carbocycles. The van der Waals surface area contributed by atoms with Crippen LogP contribution in [0.5, 0.6) is 0 Å².